The summed E-state index contributed by atoms with van der Waals surface area (Å²) < 4.78 is 1.58. The summed E-state index contributed by atoms with van der Waals surface area (Å²) in [6.45, 7) is 4.06. The second-order valence-electron chi connectivity index (χ2n) is 4.82. The number of thiophene rings is 1. The Hall–Kier alpha value is -2.13. The molecule has 0 saturated carbocycles. The first-order chi connectivity index (χ1) is 11.6. The number of allylic oxidation sites excluding steroid dienone is 1. The zero-order chi connectivity index (χ0) is 17.5. The van der Waals surface area contributed by atoms with Crippen molar-refractivity contribution in [3.05, 3.63) is 34.5 Å². The van der Waals surface area contributed by atoms with Crippen molar-refractivity contribution >= 4 is 45.3 Å². The van der Waals surface area contributed by atoms with Gasteiger partial charge < -0.3 is 5.32 Å². The number of urea groups is 1. The molecule has 0 radical (unpaired) electrons. The number of thioether (sulfide) groups is 1. The molecule has 24 heavy (non-hydrogen) atoms. The van der Waals surface area contributed by atoms with E-state index < -0.39 is 6.03 Å². The zero-order valence-electron chi connectivity index (χ0n) is 13.2. The predicted molar refractivity (Wildman–Crippen MR) is 96.6 cm³/mol. The molecule has 128 valence electrons. The lowest BCUT2D eigenvalue weighted by molar-refractivity contribution is -0.120. The molecule has 2 rings (SSSR count). The molecule has 0 aliphatic rings. The van der Waals surface area contributed by atoms with E-state index in [1.165, 1.54) is 30.1 Å². The monoisotopic (exact) mass is 366 g/mol. The van der Waals surface area contributed by atoms with Crippen molar-refractivity contribution in [2.24, 2.45) is 0 Å². The number of fused-ring (bicyclic) bond motifs is 1. The Kier molecular flexibility index (Phi) is 6.56. The summed E-state index contributed by atoms with van der Waals surface area (Å²) in [4.78, 5) is 40.2. The van der Waals surface area contributed by atoms with Gasteiger partial charge in [-0.25, -0.2) is 9.78 Å². The molecule has 0 atom stereocenters. The summed E-state index contributed by atoms with van der Waals surface area (Å²) >= 11 is 2.84. The van der Waals surface area contributed by atoms with E-state index >= 15 is 0 Å². The van der Waals surface area contributed by atoms with Crippen LogP contribution in [-0.2, 0) is 11.3 Å². The lowest BCUT2D eigenvalue weighted by Gasteiger charge is -2.09. The van der Waals surface area contributed by atoms with Crippen molar-refractivity contribution in [3.63, 3.8) is 0 Å². The second kappa shape index (κ2) is 8.65. The molecular weight excluding hydrogens is 348 g/mol. The Morgan fingerprint density at radius 1 is 1.50 bits per heavy atom. The summed E-state index contributed by atoms with van der Waals surface area (Å²) in [6.07, 6.45) is 2.45. The molecule has 0 aliphatic carbocycles. The Bertz CT molecular complexity index is 813. The molecule has 3 amide bonds. The first kappa shape index (κ1) is 18.2. The van der Waals surface area contributed by atoms with Crippen LogP contribution in [0.4, 0.5) is 4.79 Å². The number of hydrogen-bond donors (Lipinski definition) is 2. The van der Waals surface area contributed by atoms with Crippen molar-refractivity contribution in [1.82, 2.24) is 20.2 Å². The van der Waals surface area contributed by atoms with Crippen LogP contribution in [0.15, 0.2) is 34.1 Å². The normalized spacial score (nSPS) is 10.5. The van der Waals surface area contributed by atoms with Crippen molar-refractivity contribution in [1.29, 1.82) is 0 Å². The van der Waals surface area contributed by atoms with Crippen LogP contribution < -0.4 is 16.2 Å². The van der Waals surface area contributed by atoms with Gasteiger partial charge >= 0.3 is 6.03 Å². The maximum atomic E-state index is 12.5. The summed E-state index contributed by atoms with van der Waals surface area (Å²) in [5, 5.41) is 7.59. The standard InChI is InChI=1S/C15H18N4O3S2/c1-3-7-19-13(21)10-6-9-23-12(10)18-15(19)24-8-4-5-11(20)17-14(22)16-2/h3,6,9H,1,4-5,7-8H2,2H3,(H2,16,17,20,22). The Balaban J connectivity index is 2.00. The van der Waals surface area contributed by atoms with E-state index in [9.17, 15) is 14.4 Å². The molecule has 0 aromatic carbocycles. The van der Waals surface area contributed by atoms with E-state index in [4.69, 9.17) is 0 Å². The van der Waals surface area contributed by atoms with Gasteiger partial charge in [-0.1, -0.05) is 17.8 Å². The van der Waals surface area contributed by atoms with Crippen LogP contribution in [0.1, 0.15) is 12.8 Å². The lowest BCUT2D eigenvalue weighted by atomic mass is 10.3. The highest BCUT2D eigenvalue weighted by Gasteiger charge is 2.12. The average Bonchev–Trinajstić information content (AvgIpc) is 3.03. The summed E-state index contributed by atoms with van der Waals surface area (Å²) in [6, 6.07) is 1.25. The van der Waals surface area contributed by atoms with Crippen LogP contribution in [0.25, 0.3) is 10.2 Å². The number of aromatic nitrogens is 2. The van der Waals surface area contributed by atoms with Crippen LogP contribution in [0, 0.1) is 0 Å². The molecule has 0 aliphatic heterocycles. The number of amides is 3. The molecule has 2 N–H and O–H groups in total. The Morgan fingerprint density at radius 2 is 2.29 bits per heavy atom. The molecule has 0 fully saturated rings. The lowest BCUT2D eigenvalue weighted by Crippen LogP contribution is -2.37. The fourth-order valence-corrected chi connectivity index (χ4v) is 3.73. The zero-order valence-corrected chi connectivity index (χ0v) is 14.8. The van der Waals surface area contributed by atoms with E-state index in [-0.39, 0.29) is 17.9 Å². The smallest absolute Gasteiger partial charge is 0.321 e. The van der Waals surface area contributed by atoms with Crippen LogP contribution in [0.5, 0.6) is 0 Å². The maximum absolute atomic E-state index is 12.5. The molecular formula is C15H18N4O3S2. The number of nitrogens with one attached hydrogen (secondary N) is 2. The quantitative estimate of drug-likeness (QED) is 0.338. The molecule has 9 heteroatoms. The van der Waals surface area contributed by atoms with Crippen molar-refractivity contribution in [2.75, 3.05) is 12.8 Å². The first-order valence-electron chi connectivity index (χ1n) is 7.30. The van der Waals surface area contributed by atoms with Crippen LogP contribution >= 0.6 is 23.1 Å². The first-order valence-corrected chi connectivity index (χ1v) is 9.16. The Morgan fingerprint density at radius 3 is 3.00 bits per heavy atom. The topological polar surface area (TPSA) is 93.1 Å². The molecule has 2 heterocycles. The van der Waals surface area contributed by atoms with E-state index in [0.717, 1.165) is 0 Å². The summed E-state index contributed by atoms with van der Waals surface area (Å²) in [5.74, 6) is 0.279. The van der Waals surface area contributed by atoms with Crippen molar-refractivity contribution in [2.45, 2.75) is 24.5 Å². The molecule has 0 saturated heterocycles. The van der Waals surface area contributed by atoms with Gasteiger partial charge in [0.25, 0.3) is 5.56 Å². The SMILES string of the molecule is C=CCn1c(SCCCC(=O)NC(=O)NC)nc2sccc2c1=O. The molecule has 0 bridgehead atoms. The largest absolute Gasteiger partial charge is 0.341 e. The fraction of sp³-hybridized carbons (Fsp3) is 0.333. The van der Waals surface area contributed by atoms with Gasteiger partial charge in [0, 0.05) is 25.8 Å². The summed E-state index contributed by atoms with van der Waals surface area (Å²) in [7, 11) is 1.45. The number of rotatable bonds is 7. The third-order valence-corrected chi connectivity index (χ3v) is 4.99. The van der Waals surface area contributed by atoms with E-state index in [1.807, 2.05) is 5.38 Å². The second-order valence-corrected chi connectivity index (χ2v) is 6.77. The summed E-state index contributed by atoms with van der Waals surface area (Å²) in [5.41, 5.74) is -0.0824. The minimum atomic E-state index is -0.516. The van der Waals surface area contributed by atoms with Crippen molar-refractivity contribution < 1.29 is 9.59 Å². The molecule has 2 aromatic heterocycles. The number of nitrogens with zero attached hydrogens (tertiary/aromatic N) is 2. The third-order valence-electron chi connectivity index (χ3n) is 3.12. The minimum absolute atomic E-state index is 0.0824. The molecule has 0 unspecified atom stereocenters. The molecule has 2 aromatic rings. The number of hydrogen-bond acceptors (Lipinski definition) is 6. The highest BCUT2D eigenvalue weighted by Crippen LogP contribution is 2.22. The van der Waals surface area contributed by atoms with E-state index in [1.54, 1.807) is 16.7 Å². The van der Waals surface area contributed by atoms with Gasteiger partial charge in [-0.15, -0.1) is 17.9 Å². The van der Waals surface area contributed by atoms with Gasteiger partial charge in [0.15, 0.2) is 5.16 Å². The van der Waals surface area contributed by atoms with Crippen molar-refractivity contribution in [3.8, 4) is 0 Å². The van der Waals surface area contributed by atoms with Gasteiger partial charge in [-0.2, -0.15) is 0 Å². The maximum Gasteiger partial charge on any atom is 0.321 e. The van der Waals surface area contributed by atoms with Gasteiger partial charge in [-0.3, -0.25) is 19.5 Å². The van der Waals surface area contributed by atoms with Crippen LogP contribution in [0.2, 0.25) is 0 Å². The van der Waals surface area contributed by atoms with Gasteiger partial charge in [0.2, 0.25) is 5.91 Å². The van der Waals surface area contributed by atoms with Crippen LogP contribution in [0.3, 0.4) is 0 Å². The number of imide groups is 1. The predicted octanol–water partition coefficient (Wildman–Crippen LogP) is 1.97. The van der Waals surface area contributed by atoms with Crippen LogP contribution in [-0.4, -0.2) is 34.3 Å². The van der Waals surface area contributed by atoms with Gasteiger partial charge in [0.1, 0.15) is 4.83 Å². The Labute approximate surface area is 147 Å². The highest BCUT2D eigenvalue weighted by atomic mass is 32.2. The number of carbonyl (C=O) groups is 2. The molecule has 0 spiro atoms. The van der Waals surface area contributed by atoms with Gasteiger partial charge in [-0.05, 0) is 17.9 Å². The highest BCUT2D eigenvalue weighted by molar-refractivity contribution is 7.99. The van der Waals surface area contributed by atoms with E-state index in [0.29, 0.717) is 34.1 Å². The van der Waals surface area contributed by atoms with Gasteiger partial charge in [0.05, 0.1) is 5.39 Å². The third kappa shape index (κ3) is 4.45. The minimum Gasteiger partial charge on any atom is -0.341 e. The molecule has 7 nitrogen and oxygen atoms in total. The fourth-order valence-electron chi connectivity index (χ4n) is 1.98. The average molecular weight is 366 g/mol. The number of carbonyl (C=O) groups excluding carboxylic acids is 2. The van der Waals surface area contributed by atoms with E-state index in [2.05, 4.69) is 22.2 Å².